The lowest BCUT2D eigenvalue weighted by Gasteiger charge is -2.23. The van der Waals surface area contributed by atoms with Crippen molar-refractivity contribution in [3.05, 3.63) is 10.8 Å². The molecule has 0 amide bonds. The molecule has 0 aliphatic heterocycles. The van der Waals surface area contributed by atoms with E-state index in [0.29, 0.717) is 0 Å². The molecule has 11 heteroatoms. The van der Waals surface area contributed by atoms with Gasteiger partial charge in [-0.1, -0.05) is 0 Å². The van der Waals surface area contributed by atoms with Crippen LogP contribution in [0.1, 0.15) is 0 Å². The Bertz CT molecular complexity index is 435. The van der Waals surface area contributed by atoms with E-state index in [-0.39, 0.29) is 10.3 Å². The third-order valence-electron chi connectivity index (χ3n) is 1.82. The van der Waals surface area contributed by atoms with Gasteiger partial charge in [0, 0.05) is 7.05 Å². The predicted octanol–water partition coefficient (Wildman–Crippen LogP) is 3.15. The Labute approximate surface area is 111 Å². The summed E-state index contributed by atoms with van der Waals surface area (Å²) < 4.78 is 77.5. The van der Waals surface area contributed by atoms with Gasteiger partial charge in [-0.3, -0.25) is 0 Å². The maximum atomic E-state index is 12.3. The first kappa shape index (κ1) is 15.8. The maximum Gasteiger partial charge on any atom is 0.434 e. The second kappa shape index (κ2) is 5.39. The Morgan fingerprint density at radius 3 is 2.11 bits per heavy atom. The molecule has 19 heavy (non-hydrogen) atoms. The molecule has 0 aliphatic rings. The minimum atomic E-state index is -5.61. The number of aromatic nitrogens is 2. The van der Waals surface area contributed by atoms with Crippen molar-refractivity contribution in [3.8, 4) is 5.88 Å². The fourth-order valence-corrected chi connectivity index (χ4v) is 1.54. The molecular formula is C8H6BrF6N3O. The van der Waals surface area contributed by atoms with Crippen LogP contribution in [0.5, 0.6) is 5.88 Å². The normalized spacial score (nSPS) is 12.7. The first-order valence-corrected chi connectivity index (χ1v) is 5.35. The molecule has 1 N–H and O–H groups in total. The van der Waals surface area contributed by atoms with Crippen LogP contribution in [0.25, 0.3) is 0 Å². The number of rotatable bonds is 3. The summed E-state index contributed by atoms with van der Waals surface area (Å²) in [7, 11) is 1.38. The van der Waals surface area contributed by atoms with E-state index in [2.05, 4.69) is 36.0 Å². The second-order valence-electron chi connectivity index (χ2n) is 3.17. The molecule has 0 spiro atoms. The Balaban J connectivity index is 3.11. The minimum absolute atomic E-state index is 0.00639. The highest BCUT2D eigenvalue weighted by Gasteiger charge is 2.59. The summed E-state index contributed by atoms with van der Waals surface area (Å²) in [5.74, 6) is -0.868. The van der Waals surface area contributed by atoms with Crippen LogP contribution in [0.2, 0.25) is 0 Å². The molecular weight excluding hydrogens is 348 g/mol. The van der Waals surface area contributed by atoms with E-state index < -0.39 is 24.3 Å². The van der Waals surface area contributed by atoms with Gasteiger partial charge in [-0.2, -0.15) is 26.3 Å². The molecule has 0 radical (unpaired) electrons. The molecule has 1 heterocycles. The zero-order valence-corrected chi connectivity index (χ0v) is 10.7. The van der Waals surface area contributed by atoms with Crippen molar-refractivity contribution in [1.82, 2.24) is 9.97 Å². The molecule has 0 atom stereocenters. The van der Waals surface area contributed by atoms with E-state index in [1.54, 1.807) is 0 Å². The Hall–Kier alpha value is -1.26. The summed E-state index contributed by atoms with van der Waals surface area (Å²) in [6, 6.07) is 0. The maximum absolute atomic E-state index is 12.3. The number of halogens is 7. The Morgan fingerprint density at radius 2 is 1.68 bits per heavy atom. The van der Waals surface area contributed by atoms with Crippen LogP contribution in [-0.2, 0) is 0 Å². The molecule has 1 aromatic heterocycles. The molecule has 0 unspecified atom stereocenters. The van der Waals surface area contributed by atoms with Crippen LogP contribution in [0.3, 0.4) is 0 Å². The van der Waals surface area contributed by atoms with Gasteiger partial charge >= 0.3 is 12.4 Å². The molecule has 0 aromatic carbocycles. The number of alkyl halides is 6. The van der Waals surface area contributed by atoms with Gasteiger partial charge < -0.3 is 10.1 Å². The first-order chi connectivity index (χ1) is 8.57. The molecule has 0 fully saturated rings. The smallest absolute Gasteiger partial charge is 0.434 e. The fourth-order valence-electron chi connectivity index (χ4n) is 1.04. The molecule has 1 aromatic rings. The van der Waals surface area contributed by atoms with Crippen molar-refractivity contribution >= 4 is 21.7 Å². The van der Waals surface area contributed by atoms with Gasteiger partial charge in [0.1, 0.15) is 16.6 Å². The summed E-state index contributed by atoms with van der Waals surface area (Å²) in [5.41, 5.74) is 0. The third kappa shape index (κ3) is 3.85. The highest BCUT2D eigenvalue weighted by atomic mass is 79.9. The summed E-state index contributed by atoms with van der Waals surface area (Å²) in [5, 5.41) is 2.45. The third-order valence-corrected chi connectivity index (χ3v) is 2.53. The molecule has 108 valence electrons. The molecule has 0 saturated heterocycles. The van der Waals surface area contributed by atoms with Crippen molar-refractivity contribution in [2.45, 2.75) is 18.5 Å². The van der Waals surface area contributed by atoms with Gasteiger partial charge in [-0.25, -0.2) is 9.97 Å². The van der Waals surface area contributed by atoms with Crippen molar-refractivity contribution in [3.63, 3.8) is 0 Å². The largest absolute Gasteiger partial charge is 0.454 e. The van der Waals surface area contributed by atoms with Gasteiger partial charge in [0.2, 0.25) is 5.88 Å². The number of anilines is 1. The average molecular weight is 354 g/mol. The van der Waals surface area contributed by atoms with Gasteiger partial charge in [0.05, 0.1) is 0 Å². The first-order valence-electron chi connectivity index (χ1n) is 4.55. The number of nitrogens with zero attached hydrogens (tertiary/aromatic N) is 2. The highest BCUT2D eigenvalue weighted by Crippen LogP contribution is 2.38. The van der Waals surface area contributed by atoms with Gasteiger partial charge in [0.15, 0.2) is 0 Å². The van der Waals surface area contributed by atoms with Crippen LogP contribution >= 0.6 is 15.9 Å². The van der Waals surface area contributed by atoms with E-state index in [0.717, 1.165) is 6.33 Å². The zero-order chi connectivity index (χ0) is 14.8. The number of hydrogen-bond acceptors (Lipinski definition) is 4. The van der Waals surface area contributed by atoms with Crippen LogP contribution in [0.4, 0.5) is 32.2 Å². The standard InChI is InChI=1S/C8H6BrF6N3O/c1-16-4-3(9)5(18-2-17-4)19-6(7(10,11)12)8(13,14)15/h2,6H,1H3,(H,16,17,18). The number of ether oxygens (including phenoxy) is 1. The average Bonchev–Trinajstić information content (AvgIpc) is 2.24. The van der Waals surface area contributed by atoms with Crippen LogP contribution in [0, 0.1) is 0 Å². The second-order valence-corrected chi connectivity index (χ2v) is 3.97. The lowest BCUT2D eigenvalue weighted by molar-refractivity contribution is -0.300. The topological polar surface area (TPSA) is 47.0 Å². The molecule has 0 bridgehead atoms. The predicted molar refractivity (Wildman–Crippen MR) is 55.8 cm³/mol. The van der Waals surface area contributed by atoms with Crippen LogP contribution in [0.15, 0.2) is 10.8 Å². The molecule has 4 nitrogen and oxygen atoms in total. The van der Waals surface area contributed by atoms with Crippen molar-refractivity contribution in [2.75, 3.05) is 12.4 Å². The fraction of sp³-hybridized carbons (Fsp3) is 0.500. The van der Waals surface area contributed by atoms with Gasteiger partial charge in [-0.15, -0.1) is 0 Å². The molecule has 0 aliphatic carbocycles. The number of nitrogens with one attached hydrogen (secondary N) is 1. The summed E-state index contributed by atoms with van der Waals surface area (Å²) in [6.07, 6.45) is -14.4. The zero-order valence-electron chi connectivity index (χ0n) is 9.10. The quantitative estimate of drug-likeness (QED) is 0.848. The van der Waals surface area contributed by atoms with E-state index in [1.807, 2.05) is 0 Å². The van der Waals surface area contributed by atoms with Crippen LogP contribution in [-0.4, -0.2) is 35.5 Å². The van der Waals surface area contributed by atoms with E-state index in [1.165, 1.54) is 7.05 Å². The van der Waals surface area contributed by atoms with E-state index in [9.17, 15) is 26.3 Å². The SMILES string of the molecule is CNc1ncnc(OC(C(F)(F)F)C(F)(F)F)c1Br. The highest BCUT2D eigenvalue weighted by molar-refractivity contribution is 9.10. The van der Waals surface area contributed by atoms with Gasteiger partial charge in [-0.05, 0) is 15.9 Å². The summed E-state index contributed by atoms with van der Waals surface area (Å²) in [4.78, 5) is 6.81. The van der Waals surface area contributed by atoms with E-state index >= 15 is 0 Å². The lowest BCUT2D eigenvalue weighted by atomic mass is 10.3. The summed E-state index contributed by atoms with van der Waals surface area (Å²) in [6.45, 7) is 0. The Morgan fingerprint density at radius 1 is 1.16 bits per heavy atom. The monoisotopic (exact) mass is 353 g/mol. The van der Waals surface area contributed by atoms with Crippen molar-refractivity contribution < 1.29 is 31.1 Å². The van der Waals surface area contributed by atoms with Crippen LogP contribution < -0.4 is 10.1 Å². The van der Waals surface area contributed by atoms with Crippen molar-refractivity contribution in [2.24, 2.45) is 0 Å². The molecule has 0 saturated carbocycles. The molecule has 1 rings (SSSR count). The summed E-state index contributed by atoms with van der Waals surface area (Å²) >= 11 is 2.76. The minimum Gasteiger partial charge on any atom is -0.454 e. The number of hydrogen-bond donors (Lipinski definition) is 1. The Kier molecular flexibility index (Phi) is 4.48. The van der Waals surface area contributed by atoms with Crippen molar-refractivity contribution in [1.29, 1.82) is 0 Å². The van der Waals surface area contributed by atoms with E-state index in [4.69, 9.17) is 0 Å². The lowest BCUT2D eigenvalue weighted by Crippen LogP contribution is -2.46. The van der Waals surface area contributed by atoms with Gasteiger partial charge in [0.25, 0.3) is 6.10 Å².